The molecular formula is C20H17NO. The molecule has 0 unspecified atom stereocenters. The molecule has 1 N–H and O–H groups in total. The molecule has 0 spiro atoms. The molecule has 2 heteroatoms. The van der Waals surface area contributed by atoms with Crippen LogP contribution in [0.25, 0.3) is 21.8 Å². The van der Waals surface area contributed by atoms with E-state index < -0.39 is 0 Å². The van der Waals surface area contributed by atoms with E-state index >= 15 is 0 Å². The number of hydrogen-bond acceptors (Lipinski definition) is 1. The number of aromatic nitrogens is 1. The van der Waals surface area contributed by atoms with Gasteiger partial charge < -0.3 is 9.67 Å². The van der Waals surface area contributed by atoms with Crippen LogP contribution in [0.5, 0.6) is 5.75 Å². The van der Waals surface area contributed by atoms with Gasteiger partial charge in [0, 0.05) is 28.4 Å². The van der Waals surface area contributed by atoms with Gasteiger partial charge in [-0.3, -0.25) is 0 Å². The van der Waals surface area contributed by atoms with Crippen LogP contribution in [0.2, 0.25) is 0 Å². The maximum Gasteiger partial charge on any atom is 0.115 e. The first kappa shape index (κ1) is 13.0. The van der Waals surface area contributed by atoms with Crippen molar-refractivity contribution in [3.63, 3.8) is 0 Å². The molecule has 1 aromatic heterocycles. The number of phenolic OH excluding ortho intramolecular Hbond substituents is 1. The smallest absolute Gasteiger partial charge is 0.115 e. The maximum absolute atomic E-state index is 9.39. The molecule has 0 aliphatic carbocycles. The van der Waals surface area contributed by atoms with Crippen molar-refractivity contribution < 1.29 is 5.11 Å². The third-order valence-corrected chi connectivity index (χ3v) is 4.24. The molecule has 0 radical (unpaired) electrons. The van der Waals surface area contributed by atoms with Crippen LogP contribution in [0.1, 0.15) is 5.56 Å². The molecule has 4 rings (SSSR count). The van der Waals surface area contributed by atoms with Crippen molar-refractivity contribution in [3.05, 3.63) is 78.4 Å². The second-order valence-corrected chi connectivity index (χ2v) is 5.60. The van der Waals surface area contributed by atoms with Gasteiger partial charge in [0.15, 0.2) is 0 Å². The molecule has 4 aromatic rings. The average Bonchev–Trinajstić information content (AvgIpc) is 2.89. The highest BCUT2D eigenvalue weighted by molar-refractivity contribution is 6.07. The summed E-state index contributed by atoms with van der Waals surface area (Å²) in [5.41, 5.74) is 3.80. The van der Waals surface area contributed by atoms with Gasteiger partial charge >= 0.3 is 0 Å². The van der Waals surface area contributed by atoms with Gasteiger partial charge in [-0.05, 0) is 36.2 Å². The fraction of sp³-hybridized carbons (Fsp3) is 0.100. The van der Waals surface area contributed by atoms with Gasteiger partial charge in [0.2, 0.25) is 0 Å². The molecule has 0 atom stereocenters. The first-order chi connectivity index (χ1) is 10.8. The minimum Gasteiger partial charge on any atom is -0.508 e. The van der Waals surface area contributed by atoms with Crippen molar-refractivity contribution >= 4 is 21.8 Å². The predicted molar refractivity (Wildman–Crippen MR) is 91.3 cm³/mol. The first-order valence-corrected chi connectivity index (χ1v) is 7.57. The molecule has 22 heavy (non-hydrogen) atoms. The van der Waals surface area contributed by atoms with E-state index in [1.165, 1.54) is 27.4 Å². The van der Waals surface area contributed by atoms with Gasteiger partial charge in [-0.1, -0.05) is 48.5 Å². The van der Waals surface area contributed by atoms with Crippen molar-refractivity contribution in [1.82, 2.24) is 4.57 Å². The Morgan fingerprint density at radius 3 is 1.82 bits per heavy atom. The Labute approximate surface area is 129 Å². The second kappa shape index (κ2) is 5.23. The van der Waals surface area contributed by atoms with E-state index in [0.717, 1.165) is 13.0 Å². The Morgan fingerprint density at radius 1 is 0.682 bits per heavy atom. The van der Waals surface area contributed by atoms with Gasteiger partial charge in [0.05, 0.1) is 0 Å². The number of fused-ring (bicyclic) bond motifs is 3. The minimum atomic E-state index is 0.320. The van der Waals surface area contributed by atoms with E-state index in [1.807, 2.05) is 12.1 Å². The van der Waals surface area contributed by atoms with E-state index in [-0.39, 0.29) is 0 Å². The SMILES string of the molecule is Oc1ccc(CCn2c3ccccc3c3ccccc32)cc1. The van der Waals surface area contributed by atoms with E-state index in [2.05, 4.69) is 53.1 Å². The third-order valence-electron chi connectivity index (χ3n) is 4.24. The lowest BCUT2D eigenvalue weighted by molar-refractivity contribution is 0.475. The Kier molecular flexibility index (Phi) is 3.08. The minimum absolute atomic E-state index is 0.320. The summed E-state index contributed by atoms with van der Waals surface area (Å²) in [4.78, 5) is 0. The number of aromatic hydroxyl groups is 1. The summed E-state index contributed by atoms with van der Waals surface area (Å²) < 4.78 is 2.39. The third kappa shape index (κ3) is 2.13. The molecule has 3 aromatic carbocycles. The van der Waals surface area contributed by atoms with E-state index in [4.69, 9.17) is 0 Å². The lowest BCUT2D eigenvalue weighted by Gasteiger charge is -2.08. The highest BCUT2D eigenvalue weighted by Gasteiger charge is 2.09. The Morgan fingerprint density at radius 2 is 1.23 bits per heavy atom. The first-order valence-electron chi connectivity index (χ1n) is 7.57. The summed E-state index contributed by atoms with van der Waals surface area (Å²) >= 11 is 0. The van der Waals surface area contributed by atoms with Crippen molar-refractivity contribution in [2.45, 2.75) is 13.0 Å². The summed E-state index contributed by atoms with van der Waals surface area (Å²) in [6, 6.07) is 24.6. The second-order valence-electron chi connectivity index (χ2n) is 5.60. The number of rotatable bonds is 3. The molecule has 108 valence electrons. The Bertz CT molecular complexity index is 882. The molecule has 0 saturated carbocycles. The van der Waals surface area contributed by atoms with Crippen LogP contribution in [-0.2, 0) is 13.0 Å². The van der Waals surface area contributed by atoms with Crippen LogP contribution in [0, 0.1) is 0 Å². The summed E-state index contributed by atoms with van der Waals surface area (Å²) in [6.07, 6.45) is 0.947. The summed E-state index contributed by atoms with van der Waals surface area (Å²) in [5, 5.41) is 12.0. The molecule has 0 saturated heterocycles. The van der Waals surface area contributed by atoms with Crippen molar-refractivity contribution in [3.8, 4) is 5.75 Å². The van der Waals surface area contributed by atoms with Gasteiger partial charge in [0.25, 0.3) is 0 Å². The zero-order valence-electron chi connectivity index (χ0n) is 12.2. The monoisotopic (exact) mass is 287 g/mol. The van der Waals surface area contributed by atoms with Crippen LogP contribution in [0.3, 0.4) is 0 Å². The van der Waals surface area contributed by atoms with Crippen LogP contribution in [-0.4, -0.2) is 9.67 Å². The predicted octanol–water partition coefficient (Wildman–Crippen LogP) is 4.74. The van der Waals surface area contributed by atoms with Gasteiger partial charge in [0.1, 0.15) is 5.75 Å². The van der Waals surface area contributed by atoms with E-state index in [1.54, 1.807) is 12.1 Å². The molecule has 0 fully saturated rings. The largest absolute Gasteiger partial charge is 0.508 e. The fourth-order valence-corrected chi connectivity index (χ4v) is 3.15. The number of para-hydroxylation sites is 2. The Balaban J connectivity index is 1.77. The molecule has 0 aliphatic rings. The summed E-state index contributed by atoms with van der Waals surface area (Å²) in [6.45, 7) is 0.929. The lowest BCUT2D eigenvalue weighted by atomic mass is 10.1. The normalized spacial score (nSPS) is 11.3. The zero-order valence-corrected chi connectivity index (χ0v) is 12.2. The zero-order chi connectivity index (χ0) is 14.9. The van der Waals surface area contributed by atoms with Gasteiger partial charge in [-0.2, -0.15) is 0 Å². The number of hydrogen-bond donors (Lipinski definition) is 1. The molecule has 1 heterocycles. The van der Waals surface area contributed by atoms with Crippen molar-refractivity contribution in [1.29, 1.82) is 0 Å². The number of phenols is 1. The lowest BCUT2D eigenvalue weighted by Crippen LogP contribution is -2.00. The fourth-order valence-electron chi connectivity index (χ4n) is 3.15. The highest BCUT2D eigenvalue weighted by Crippen LogP contribution is 2.28. The highest BCUT2D eigenvalue weighted by atomic mass is 16.3. The molecule has 0 bridgehead atoms. The van der Waals surface area contributed by atoms with Crippen LogP contribution in [0.15, 0.2) is 72.8 Å². The number of nitrogens with zero attached hydrogens (tertiary/aromatic N) is 1. The van der Waals surface area contributed by atoms with Crippen LogP contribution in [0.4, 0.5) is 0 Å². The molecule has 0 aliphatic heterocycles. The topological polar surface area (TPSA) is 25.2 Å². The summed E-state index contributed by atoms with van der Waals surface area (Å²) in [7, 11) is 0. The average molecular weight is 287 g/mol. The molecule has 2 nitrogen and oxygen atoms in total. The molecule has 0 amide bonds. The van der Waals surface area contributed by atoms with Crippen LogP contribution < -0.4 is 0 Å². The standard InChI is InChI=1S/C20H17NO/c22-16-11-9-15(10-12-16)13-14-21-19-7-3-1-5-17(19)18-6-2-4-8-20(18)21/h1-12,22H,13-14H2. The Hall–Kier alpha value is -2.74. The van der Waals surface area contributed by atoms with Crippen molar-refractivity contribution in [2.75, 3.05) is 0 Å². The number of aryl methyl sites for hydroxylation is 2. The van der Waals surface area contributed by atoms with Crippen molar-refractivity contribution in [2.24, 2.45) is 0 Å². The number of benzene rings is 3. The van der Waals surface area contributed by atoms with Gasteiger partial charge in [-0.25, -0.2) is 0 Å². The molecular weight excluding hydrogens is 270 g/mol. The van der Waals surface area contributed by atoms with Crippen LogP contribution >= 0.6 is 0 Å². The van der Waals surface area contributed by atoms with Gasteiger partial charge in [-0.15, -0.1) is 0 Å². The van der Waals surface area contributed by atoms with E-state index in [0.29, 0.717) is 5.75 Å². The quantitative estimate of drug-likeness (QED) is 0.578. The maximum atomic E-state index is 9.39. The summed E-state index contributed by atoms with van der Waals surface area (Å²) in [5.74, 6) is 0.320. The van der Waals surface area contributed by atoms with E-state index in [9.17, 15) is 5.11 Å².